The number of fused-ring (bicyclic) bond motifs is 1. The predicted molar refractivity (Wildman–Crippen MR) is 83.0 cm³/mol. The van der Waals surface area contributed by atoms with E-state index in [2.05, 4.69) is 54.1 Å². The van der Waals surface area contributed by atoms with Gasteiger partial charge in [-0.25, -0.2) is 0 Å². The summed E-state index contributed by atoms with van der Waals surface area (Å²) in [5.41, 5.74) is 3.42. The summed E-state index contributed by atoms with van der Waals surface area (Å²) in [6.07, 6.45) is 5.02. The van der Waals surface area contributed by atoms with Gasteiger partial charge in [0, 0.05) is 16.8 Å². The summed E-state index contributed by atoms with van der Waals surface area (Å²) in [6.45, 7) is 1.07. The standard InChI is InChI=1S/C17H21NS/c1-18-13-17(12-15-8-5-11-19-15)10-4-7-14-6-2-3-9-16(14)17/h2-3,5-6,8-9,11,18H,4,7,10,12-13H2,1H3. The highest BCUT2D eigenvalue weighted by Crippen LogP contribution is 2.40. The molecule has 0 bridgehead atoms. The molecule has 2 heteroatoms. The van der Waals surface area contributed by atoms with Crippen LogP contribution in [0.1, 0.15) is 28.8 Å². The topological polar surface area (TPSA) is 12.0 Å². The molecule has 1 aromatic carbocycles. The third kappa shape index (κ3) is 2.47. The molecule has 0 aliphatic heterocycles. The molecule has 1 atom stereocenters. The Labute approximate surface area is 119 Å². The summed E-state index contributed by atoms with van der Waals surface area (Å²) in [4.78, 5) is 1.51. The van der Waals surface area contributed by atoms with E-state index < -0.39 is 0 Å². The molecular formula is C17H21NS. The average molecular weight is 271 g/mol. The first kappa shape index (κ1) is 12.9. The summed E-state index contributed by atoms with van der Waals surface area (Å²) in [5.74, 6) is 0. The lowest BCUT2D eigenvalue weighted by molar-refractivity contribution is 0.347. The van der Waals surface area contributed by atoms with Gasteiger partial charge in [-0.15, -0.1) is 11.3 Å². The van der Waals surface area contributed by atoms with Crippen molar-refractivity contribution in [2.45, 2.75) is 31.1 Å². The molecule has 0 amide bonds. The van der Waals surface area contributed by atoms with Crippen LogP contribution in [0.3, 0.4) is 0 Å². The molecule has 0 radical (unpaired) electrons. The molecule has 1 aromatic heterocycles. The number of aryl methyl sites for hydroxylation is 1. The molecule has 1 aliphatic carbocycles. The highest BCUT2D eigenvalue weighted by atomic mass is 32.1. The van der Waals surface area contributed by atoms with Crippen LogP contribution in [-0.2, 0) is 18.3 Å². The maximum atomic E-state index is 3.44. The van der Waals surface area contributed by atoms with Gasteiger partial charge in [0.1, 0.15) is 0 Å². The Morgan fingerprint density at radius 2 is 2.11 bits per heavy atom. The van der Waals surface area contributed by atoms with E-state index in [1.54, 1.807) is 11.1 Å². The van der Waals surface area contributed by atoms with E-state index in [0.29, 0.717) is 0 Å². The van der Waals surface area contributed by atoms with Crippen molar-refractivity contribution in [2.75, 3.05) is 13.6 Å². The molecular weight excluding hydrogens is 250 g/mol. The fourth-order valence-electron chi connectivity index (χ4n) is 3.52. The molecule has 0 saturated heterocycles. The van der Waals surface area contributed by atoms with E-state index in [9.17, 15) is 0 Å². The minimum absolute atomic E-state index is 0.286. The van der Waals surface area contributed by atoms with Crippen LogP contribution in [0.15, 0.2) is 41.8 Å². The largest absolute Gasteiger partial charge is 0.319 e. The number of nitrogens with one attached hydrogen (secondary N) is 1. The van der Waals surface area contributed by atoms with Crippen LogP contribution >= 0.6 is 11.3 Å². The molecule has 0 saturated carbocycles. The fourth-order valence-corrected chi connectivity index (χ4v) is 4.37. The third-order valence-corrected chi connectivity index (χ3v) is 5.17. The molecule has 2 aromatic rings. The summed E-state index contributed by atoms with van der Waals surface area (Å²) >= 11 is 1.89. The number of hydrogen-bond acceptors (Lipinski definition) is 2. The number of hydrogen-bond donors (Lipinski definition) is 1. The number of rotatable bonds is 4. The maximum Gasteiger partial charge on any atom is 0.0129 e. The maximum absolute atomic E-state index is 3.44. The molecule has 1 heterocycles. The lowest BCUT2D eigenvalue weighted by Gasteiger charge is -2.39. The zero-order valence-corrected chi connectivity index (χ0v) is 12.3. The second-order valence-corrected chi connectivity index (χ2v) is 6.61. The van der Waals surface area contributed by atoms with Gasteiger partial charge < -0.3 is 5.32 Å². The van der Waals surface area contributed by atoms with Gasteiger partial charge in [-0.05, 0) is 55.3 Å². The minimum Gasteiger partial charge on any atom is -0.319 e. The smallest absolute Gasteiger partial charge is 0.0129 e. The molecule has 100 valence electrons. The molecule has 1 nitrogen and oxygen atoms in total. The van der Waals surface area contributed by atoms with E-state index >= 15 is 0 Å². The van der Waals surface area contributed by atoms with E-state index in [1.165, 1.54) is 30.6 Å². The fraction of sp³-hybridized carbons (Fsp3) is 0.412. The Morgan fingerprint density at radius 1 is 1.21 bits per heavy atom. The Kier molecular flexibility index (Phi) is 3.72. The van der Waals surface area contributed by atoms with Crippen molar-refractivity contribution in [1.29, 1.82) is 0 Å². The highest BCUT2D eigenvalue weighted by molar-refractivity contribution is 7.09. The Balaban J connectivity index is 2.01. The monoisotopic (exact) mass is 271 g/mol. The Hall–Kier alpha value is -1.12. The molecule has 0 fully saturated rings. The van der Waals surface area contributed by atoms with Gasteiger partial charge in [0.25, 0.3) is 0 Å². The quantitative estimate of drug-likeness (QED) is 0.892. The number of likely N-dealkylation sites (N-methyl/N-ethyl adjacent to an activating group) is 1. The zero-order chi connectivity index (χ0) is 13.1. The first-order valence-corrected chi connectivity index (χ1v) is 7.97. The molecule has 0 spiro atoms. The van der Waals surface area contributed by atoms with Gasteiger partial charge in [-0.1, -0.05) is 30.3 Å². The molecule has 1 N–H and O–H groups in total. The lowest BCUT2D eigenvalue weighted by atomic mass is 9.67. The molecule has 1 unspecified atom stereocenters. The van der Waals surface area contributed by atoms with E-state index in [4.69, 9.17) is 0 Å². The van der Waals surface area contributed by atoms with Crippen molar-refractivity contribution in [2.24, 2.45) is 0 Å². The van der Waals surface area contributed by atoms with Crippen molar-refractivity contribution in [3.8, 4) is 0 Å². The van der Waals surface area contributed by atoms with Gasteiger partial charge in [0.2, 0.25) is 0 Å². The van der Waals surface area contributed by atoms with Crippen molar-refractivity contribution in [1.82, 2.24) is 5.32 Å². The van der Waals surface area contributed by atoms with Crippen LogP contribution in [0.5, 0.6) is 0 Å². The third-order valence-electron chi connectivity index (χ3n) is 4.30. The molecule has 1 aliphatic rings. The summed E-state index contributed by atoms with van der Waals surface area (Å²) < 4.78 is 0. The highest BCUT2D eigenvalue weighted by Gasteiger charge is 2.36. The van der Waals surface area contributed by atoms with E-state index in [1.807, 2.05) is 11.3 Å². The Bertz CT molecular complexity index is 532. The van der Waals surface area contributed by atoms with Crippen molar-refractivity contribution in [3.05, 3.63) is 57.8 Å². The zero-order valence-electron chi connectivity index (χ0n) is 11.5. The van der Waals surface area contributed by atoms with Crippen LogP contribution in [0.25, 0.3) is 0 Å². The van der Waals surface area contributed by atoms with E-state index in [-0.39, 0.29) is 5.41 Å². The minimum atomic E-state index is 0.286. The van der Waals surface area contributed by atoms with Gasteiger partial charge in [-0.3, -0.25) is 0 Å². The normalized spacial score (nSPS) is 22.2. The summed E-state index contributed by atoms with van der Waals surface area (Å²) in [5, 5.41) is 5.63. The number of benzene rings is 1. The van der Waals surface area contributed by atoms with Crippen LogP contribution in [0, 0.1) is 0 Å². The predicted octanol–water partition coefficient (Wildman–Crippen LogP) is 3.78. The van der Waals surface area contributed by atoms with Crippen molar-refractivity contribution in [3.63, 3.8) is 0 Å². The van der Waals surface area contributed by atoms with Crippen LogP contribution in [-0.4, -0.2) is 13.6 Å². The molecule has 19 heavy (non-hydrogen) atoms. The van der Waals surface area contributed by atoms with Crippen LogP contribution < -0.4 is 5.32 Å². The number of thiophene rings is 1. The average Bonchev–Trinajstić information content (AvgIpc) is 2.92. The van der Waals surface area contributed by atoms with Gasteiger partial charge in [0.15, 0.2) is 0 Å². The second kappa shape index (κ2) is 5.48. The van der Waals surface area contributed by atoms with Crippen molar-refractivity contribution >= 4 is 11.3 Å². The van der Waals surface area contributed by atoms with E-state index in [0.717, 1.165) is 6.54 Å². The molecule has 3 rings (SSSR count). The summed E-state index contributed by atoms with van der Waals surface area (Å²) in [6, 6.07) is 13.5. The van der Waals surface area contributed by atoms with Crippen LogP contribution in [0.2, 0.25) is 0 Å². The van der Waals surface area contributed by atoms with Crippen LogP contribution in [0.4, 0.5) is 0 Å². The Morgan fingerprint density at radius 3 is 2.89 bits per heavy atom. The second-order valence-electron chi connectivity index (χ2n) is 5.58. The van der Waals surface area contributed by atoms with Gasteiger partial charge >= 0.3 is 0 Å². The van der Waals surface area contributed by atoms with Crippen molar-refractivity contribution < 1.29 is 0 Å². The first-order chi connectivity index (χ1) is 9.34. The lowest BCUT2D eigenvalue weighted by Crippen LogP contribution is -2.41. The summed E-state index contributed by atoms with van der Waals surface area (Å²) in [7, 11) is 2.08. The van der Waals surface area contributed by atoms with Gasteiger partial charge in [0.05, 0.1) is 0 Å². The van der Waals surface area contributed by atoms with Gasteiger partial charge in [-0.2, -0.15) is 0 Å². The first-order valence-electron chi connectivity index (χ1n) is 7.09. The SMILES string of the molecule is CNCC1(Cc2cccs2)CCCc2ccccc21.